The largest absolute Gasteiger partial charge is 0.435 e. The van der Waals surface area contributed by atoms with E-state index in [4.69, 9.17) is 5.26 Å². The summed E-state index contributed by atoms with van der Waals surface area (Å²) in [5.41, 5.74) is -0.151. The molecule has 0 radical (unpaired) electrons. The van der Waals surface area contributed by atoms with Crippen LogP contribution in [0.15, 0.2) is 36.4 Å². The highest BCUT2D eigenvalue weighted by molar-refractivity contribution is 5.56. The molecule has 0 spiro atoms. The molecule has 0 atom stereocenters. The first-order chi connectivity index (χ1) is 10.2. The monoisotopic (exact) mass is 306 g/mol. The van der Waals surface area contributed by atoms with Crippen LogP contribution in [0.2, 0.25) is 0 Å². The van der Waals surface area contributed by atoms with E-state index < -0.39 is 17.3 Å². The first kappa shape index (κ1) is 15.8. The van der Waals surface area contributed by atoms with Crippen LogP contribution in [-0.2, 0) is 11.6 Å². The van der Waals surface area contributed by atoms with Crippen LogP contribution in [0.1, 0.15) is 25.1 Å². The van der Waals surface area contributed by atoms with Crippen LogP contribution in [0.5, 0.6) is 0 Å². The molecule has 1 aromatic carbocycles. The van der Waals surface area contributed by atoms with Crippen molar-refractivity contribution in [3.63, 3.8) is 0 Å². The normalized spacial score (nSPS) is 11.8. The minimum atomic E-state index is -4.50. The van der Waals surface area contributed by atoms with Crippen molar-refractivity contribution in [1.82, 2.24) is 10.2 Å². The van der Waals surface area contributed by atoms with Crippen molar-refractivity contribution in [3.8, 4) is 6.07 Å². The number of nitrogens with one attached hydrogen (secondary N) is 1. The van der Waals surface area contributed by atoms with E-state index in [0.717, 1.165) is 11.6 Å². The minimum Gasteiger partial charge on any atom is -0.339 e. The van der Waals surface area contributed by atoms with Crippen molar-refractivity contribution < 1.29 is 13.2 Å². The molecule has 114 valence electrons. The quantitative estimate of drug-likeness (QED) is 0.929. The second-order valence-corrected chi connectivity index (χ2v) is 5.24. The lowest BCUT2D eigenvalue weighted by Gasteiger charge is -2.16. The Morgan fingerprint density at radius 2 is 1.64 bits per heavy atom. The minimum absolute atomic E-state index is 0.209. The van der Waals surface area contributed by atoms with E-state index in [2.05, 4.69) is 21.6 Å². The number of anilines is 2. The van der Waals surface area contributed by atoms with Crippen LogP contribution in [0.25, 0.3) is 0 Å². The fraction of sp³-hybridized carbons (Fsp3) is 0.267. The Hall–Kier alpha value is -2.62. The van der Waals surface area contributed by atoms with E-state index in [-0.39, 0.29) is 5.82 Å². The number of alkyl halides is 3. The maximum absolute atomic E-state index is 12.4. The molecule has 0 bridgehead atoms. The Balaban J connectivity index is 2.13. The zero-order valence-electron chi connectivity index (χ0n) is 11.9. The van der Waals surface area contributed by atoms with Gasteiger partial charge in [0.2, 0.25) is 0 Å². The summed E-state index contributed by atoms with van der Waals surface area (Å²) in [6.07, 6.45) is -4.50. The van der Waals surface area contributed by atoms with Gasteiger partial charge in [0, 0.05) is 5.69 Å². The topological polar surface area (TPSA) is 61.6 Å². The van der Waals surface area contributed by atoms with Crippen molar-refractivity contribution in [3.05, 3.63) is 47.7 Å². The van der Waals surface area contributed by atoms with E-state index >= 15 is 0 Å². The van der Waals surface area contributed by atoms with Crippen molar-refractivity contribution >= 4 is 11.5 Å². The van der Waals surface area contributed by atoms with Gasteiger partial charge in [0.15, 0.2) is 11.5 Å². The molecule has 22 heavy (non-hydrogen) atoms. The van der Waals surface area contributed by atoms with Gasteiger partial charge < -0.3 is 5.32 Å². The molecule has 2 aromatic rings. The number of nitrogens with zero attached hydrogens (tertiary/aromatic N) is 3. The summed E-state index contributed by atoms with van der Waals surface area (Å²) >= 11 is 0. The van der Waals surface area contributed by atoms with Gasteiger partial charge >= 0.3 is 6.18 Å². The molecule has 7 heteroatoms. The highest BCUT2D eigenvalue weighted by Crippen LogP contribution is 2.28. The molecular formula is C15H13F3N4. The summed E-state index contributed by atoms with van der Waals surface area (Å²) in [4.78, 5) is 0. The van der Waals surface area contributed by atoms with Gasteiger partial charge in [-0.1, -0.05) is 12.1 Å². The van der Waals surface area contributed by atoms with Crippen molar-refractivity contribution in [2.45, 2.75) is 25.4 Å². The third kappa shape index (κ3) is 3.52. The summed E-state index contributed by atoms with van der Waals surface area (Å²) in [7, 11) is 0. The molecule has 0 saturated carbocycles. The first-order valence-electron chi connectivity index (χ1n) is 6.42. The smallest absolute Gasteiger partial charge is 0.339 e. The third-order valence-electron chi connectivity index (χ3n) is 3.11. The lowest BCUT2D eigenvalue weighted by Crippen LogP contribution is -2.13. The first-order valence-corrected chi connectivity index (χ1v) is 6.42. The Morgan fingerprint density at radius 1 is 1.00 bits per heavy atom. The van der Waals surface area contributed by atoms with Crippen molar-refractivity contribution in [2.24, 2.45) is 0 Å². The van der Waals surface area contributed by atoms with E-state index in [9.17, 15) is 13.2 Å². The van der Waals surface area contributed by atoms with Gasteiger partial charge in [-0.3, -0.25) is 0 Å². The molecule has 1 N–H and O–H groups in total. The molecule has 0 aliphatic carbocycles. The Bertz CT molecular complexity index is 683. The summed E-state index contributed by atoms with van der Waals surface area (Å²) in [6.45, 7) is 3.60. The lowest BCUT2D eigenvalue weighted by atomic mass is 9.86. The molecule has 0 saturated heterocycles. The van der Waals surface area contributed by atoms with Crippen molar-refractivity contribution in [1.29, 1.82) is 5.26 Å². The van der Waals surface area contributed by atoms with Crippen LogP contribution in [0.4, 0.5) is 24.7 Å². The van der Waals surface area contributed by atoms with Crippen molar-refractivity contribution in [2.75, 3.05) is 5.32 Å². The lowest BCUT2D eigenvalue weighted by molar-refractivity contribution is -0.141. The predicted octanol–water partition coefficient (Wildman–Crippen LogP) is 4.04. The molecule has 0 fully saturated rings. The van der Waals surface area contributed by atoms with Gasteiger partial charge in [-0.15, -0.1) is 10.2 Å². The van der Waals surface area contributed by atoms with Gasteiger partial charge in [0.05, 0.1) is 11.5 Å². The predicted molar refractivity (Wildman–Crippen MR) is 75.4 cm³/mol. The molecule has 4 nitrogen and oxygen atoms in total. The van der Waals surface area contributed by atoms with Crippen LogP contribution in [-0.4, -0.2) is 10.2 Å². The molecule has 0 aliphatic rings. The highest BCUT2D eigenvalue weighted by Gasteiger charge is 2.32. The van der Waals surface area contributed by atoms with Gasteiger partial charge in [0.1, 0.15) is 0 Å². The molecule has 2 rings (SSSR count). The molecule has 0 aliphatic heterocycles. The number of hydrogen-bond donors (Lipinski definition) is 1. The fourth-order valence-electron chi connectivity index (χ4n) is 1.73. The van der Waals surface area contributed by atoms with Gasteiger partial charge in [-0.25, -0.2) is 0 Å². The second-order valence-electron chi connectivity index (χ2n) is 5.24. The van der Waals surface area contributed by atoms with E-state index in [0.29, 0.717) is 5.69 Å². The van der Waals surface area contributed by atoms with Crippen LogP contribution >= 0.6 is 0 Å². The SMILES string of the molecule is CC(C)(C#N)c1ccc(Nc2ccc(C(F)(F)F)nn2)cc1. The maximum Gasteiger partial charge on any atom is 0.435 e. The average molecular weight is 306 g/mol. The van der Waals surface area contributed by atoms with Gasteiger partial charge in [-0.05, 0) is 43.7 Å². The maximum atomic E-state index is 12.4. The second kappa shape index (κ2) is 5.64. The van der Waals surface area contributed by atoms with Gasteiger partial charge in [0.25, 0.3) is 0 Å². The van der Waals surface area contributed by atoms with Crippen LogP contribution in [0, 0.1) is 11.3 Å². The third-order valence-corrected chi connectivity index (χ3v) is 3.11. The number of benzene rings is 1. The number of aromatic nitrogens is 2. The molecule has 1 aromatic heterocycles. The Labute approximate surface area is 125 Å². The summed E-state index contributed by atoms with van der Waals surface area (Å²) in [6, 6.07) is 11.3. The Morgan fingerprint density at radius 3 is 2.09 bits per heavy atom. The standard InChI is InChI=1S/C15H13F3N4/c1-14(2,9-19)10-3-5-11(6-4-10)20-13-8-7-12(21-22-13)15(16,17)18/h3-8H,1-2H3,(H,20,22). The zero-order valence-corrected chi connectivity index (χ0v) is 11.9. The number of rotatable bonds is 3. The van der Waals surface area contributed by atoms with Gasteiger partial charge in [-0.2, -0.15) is 18.4 Å². The fourth-order valence-corrected chi connectivity index (χ4v) is 1.73. The van der Waals surface area contributed by atoms with Crippen LogP contribution < -0.4 is 5.32 Å². The zero-order chi connectivity index (χ0) is 16.4. The molecule has 0 unspecified atom stereocenters. The van der Waals surface area contributed by atoms with E-state index in [1.165, 1.54) is 6.07 Å². The van der Waals surface area contributed by atoms with E-state index in [1.54, 1.807) is 38.1 Å². The highest BCUT2D eigenvalue weighted by atomic mass is 19.4. The number of nitriles is 1. The number of halogens is 3. The number of hydrogen-bond acceptors (Lipinski definition) is 4. The molecular weight excluding hydrogens is 293 g/mol. The average Bonchev–Trinajstić information content (AvgIpc) is 2.47. The summed E-state index contributed by atoms with van der Waals surface area (Å²) in [5.74, 6) is 0.209. The Kier molecular flexibility index (Phi) is 4.04. The molecule has 0 amide bonds. The van der Waals surface area contributed by atoms with E-state index in [1.807, 2.05) is 0 Å². The summed E-state index contributed by atoms with van der Waals surface area (Å²) < 4.78 is 37.2. The van der Waals surface area contributed by atoms with Crippen LogP contribution in [0.3, 0.4) is 0 Å². The molecule has 1 heterocycles. The summed E-state index contributed by atoms with van der Waals surface area (Å²) in [5, 5.41) is 18.6.